The number of nitrogens with zero attached hydrogens (tertiary/aromatic N) is 5. The van der Waals surface area contributed by atoms with Gasteiger partial charge < -0.3 is 4.74 Å². The summed E-state index contributed by atoms with van der Waals surface area (Å²) >= 11 is 5.82. The number of rotatable bonds is 4. The summed E-state index contributed by atoms with van der Waals surface area (Å²) in [7, 11) is 0. The fraction of sp³-hybridized carbons (Fsp3) is 0.400. The molecular weight excluding hydrogens is 242 g/mol. The molecule has 0 bridgehead atoms. The summed E-state index contributed by atoms with van der Waals surface area (Å²) in [6, 6.07) is 0.225. The highest BCUT2D eigenvalue weighted by atomic mass is 35.5. The standard InChI is InChI=1S/C10H12ClN5O/c1-3-7(2)17-10-14-8(11)13-9(15-10)16-5-4-12-6-16/h4-7H,3H2,1-2H3. The lowest BCUT2D eigenvalue weighted by molar-refractivity contribution is 0.198. The van der Waals surface area contributed by atoms with Crippen molar-refractivity contribution >= 4 is 11.6 Å². The lowest BCUT2D eigenvalue weighted by atomic mass is 10.3. The van der Waals surface area contributed by atoms with Crippen molar-refractivity contribution in [3.63, 3.8) is 0 Å². The number of hydrogen-bond acceptors (Lipinski definition) is 5. The SMILES string of the molecule is CCC(C)Oc1nc(Cl)nc(-n2ccnc2)n1. The Morgan fingerprint density at radius 3 is 2.88 bits per heavy atom. The summed E-state index contributed by atoms with van der Waals surface area (Å²) in [6.45, 7) is 3.96. The predicted molar refractivity (Wildman–Crippen MR) is 62.3 cm³/mol. The second-order valence-corrected chi connectivity index (χ2v) is 3.83. The molecule has 0 fully saturated rings. The summed E-state index contributed by atoms with van der Waals surface area (Å²) in [5, 5.41) is 0.0991. The van der Waals surface area contributed by atoms with Gasteiger partial charge in [0.15, 0.2) is 0 Å². The number of halogens is 1. The van der Waals surface area contributed by atoms with E-state index >= 15 is 0 Å². The van der Waals surface area contributed by atoms with Crippen molar-refractivity contribution in [2.24, 2.45) is 0 Å². The van der Waals surface area contributed by atoms with Crippen LogP contribution in [0.2, 0.25) is 5.28 Å². The maximum Gasteiger partial charge on any atom is 0.322 e. The maximum absolute atomic E-state index is 5.82. The van der Waals surface area contributed by atoms with Crippen molar-refractivity contribution in [3.8, 4) is 12.0 Å². The third-order valence-corrected chi connectivity index (χ3v) is 2.36. The van der Waals surface area contributed by atoms with Crippen molar-refractivity contribution in [1.29, 1.82) is 0 Å². The summed E-state index contributed by atoms with van der Waals surface area (Å²) in [5.41, 5.74) is 0. The number of hydrogen-bond donors (Lipinski definition) is 0. The first-order valence-electron chi connectivity index (χ1n) is 5.25. The second kappa shape index (κ2) is 5.09. The van der Waals surface area contributed by atoms with E-state index in [2.05, 4.69) is 19.9 Å². The minimum absolute atomic E-state index is 0.0316. The van der Waals surface area contributed by atoms with Gasteiger partial charge in [-0.15, -0.1) is 0 Å². The molecule has 2 aromatic heterocycles. The van der Waals surface area contributed by atoms with E-state index in [-0.39, 0.29) is 17.4 Å². The van der Waals surface area contributed by atoms with Gasteiger partial charge in [0, 0.05) is 12.4 Å². The Hall–Kier alpha value is -1.69. The van der Waals surface area contributed by atoms with E-state index in [4.69, 9.17) is 16.3 Å². The highest BCUT2D eigenvalue weighted by Crippen LogP contribution is 2.13. The molecular formula is C10H12ClN5O. The molecule has 0 saturated carbocycles. The van der Waals surface area contributed by atoms with Crippen LogP contribution >= 0.6 is 11.6 Å². The van der Waals surface area contributed by atoms with Crippen LogP contribution in [0.15, 0.2) is 18.7 Å². The molecule has 6 nitrogen and oxygen atoms in total. The summed E-state index contributed by atoms with van der Waals surface area (Å²) in [4.78, 5) is 16.0. The zero-order chi connectivity index (χ0) is 12.3. The van der Waals surface area contributed by atoms with Crippen LogP contribution in [0.3, 0.4) is 0 Å². The van der Waals surface area contributed by atoms with E-state index in [0.29, 0.717) is 5.95 Å². The normalized spacial score (nSPS) is 12.4. The highest BCUT2D eigenvalue weighted by molar-refractivity contribution is 6.28. The van der Waals surface area contributed by atoms with Crippen LogP contribution in [-0.4, -0.2) is 30.6 Å². The molecule has 0 aromatic carbocycles. The van der Waals surface area contributed by atoms with Gasteiger partial charge in [0.25, 0.3) is 0 Å². The van der Waals surface area contributed by atoms with Gasteiger partial charge in [-0.25, -0.2) is 4.98 Å². The minimum Gasteiger partial charge on any atom is -0.460 e. The summed E-state index contributed by atoms with van der Waals surface area (Å²) in [5.74, 6) is 0.390. The molecule has 1 atom stereocenters. The van der Waals surface area contributed by atoms with Gasteiger partial charge in [-0.1, -0.05) is 6.92 Å². The van der Waals surface area contributed by atoms with Crippen LogP contribution in [0.1, 0.15) is 20.3 Å². The quantitative estimate of drug-likeness (QED) is 0.832. The lowest BCUT2D eigenvalue weighted by Gasteiger charge is -2.11. The van der Waals surface area contributed by atoms with Crippen LogP contribution in [0.5, 0.6) is 6.01 Å². The van der Waals surface area contributed by atoms with Crippen LogP contribution in [0.25, 0.3) is 5.95 Å². The molecule has 0 amide bonds. The van der Waals surface area contributed by atoms with Crippen molar-refractivity contribution in [3.05, 3.63) is 24.0 Å². The molecule has 2 rings (SSSR count). The van der Waals surface area contributed by atoms with Crippen LogP contribution in [0.4, 0.5) is 0 Å². The first kappa shape index (κ1) is 11.8. The van der Waals surface area contributed by atoms with Crippen molar-refractivity contribution in [1.82, 2.24) is 24.5 Å². The van der Waals surface area contributed by atoms with E-state index in [1.807, 2.05) is 13.8 Å². The molecule has 0 aliphatic rings. The molecule has 0 N–H and O–H groups in total. The highest BCUT2D eigenvalue weighted by Gasteiger charge is 2.09. The van der Waals surface area contributed by atoms with E-state index in [0.717, 1.165) is 6.42 Å². The Morgan fingerprint density at radius 1 is 1.41 bits per heavy atom. The van der Waals surface area contributed by atoms with Crippen LogP contribution < -0.4 is 4.74 Å². The van der Waals surface area contributed by atoms with Crippen molar-refractivity contribution in [2.75, 3.05) is 0 Å². The maximum atomic E-state index is 5.82. The first-order valence-corrected chi connectivity index (χ1v) is 5.63. The molecule has 17 heavy (non-hydrogen) atoms. The van der Waals surface area contributed by atoms with Gasteiger partial charge in [-0.3, -0.25) is 4.57 Å². The monoisotopic (exact) mass is 253 g/mol. The molecule has 90 valence electrons. The van der Waals surface area contributed by atoms with Crippen LogP contribution in [-0.2, 0) is 0 Å². The Morgan fingerprint density at radius 2 is 2.24 bits per heavy atom. The third-order valence-electron chi connectivity index (χ3n) is 2.19. The Balaban J connectivity index is 2.30. The van der Waals surface area contributed by atoms with Crippen molar-refractivity contribution in [2.45, 2.75) is 26.4 Å². The van der Waals surface area contributed by atoms with Gasteiger partial charge in [0.1, 0.15) is 6.33 Å². The largest absolute Gasteiger partial charge is 0.460 e. The minimum atomic E-state index is 0.0316. The number of imidazole rings is 1. The molecule has 0 saturated heterocycles. The molecule has 0 aliphatic heterocycles. The second-order valence-electron chi connectivity index (χ2n) is 3.49. The van der Waals surface area contributed by atoms with E-state index < -0.39 is 0 Å². The first-order chi connectivity index (χ1) is 8.19. The summed E-state index contributed by atoms with van der Waals surface area (Å²) in [6.07, 6.45) is 5.83. The average Bonchev–Trinajstić information content (AvgIpc) is 2.81. The Labute approximate surface area is 104 Å². The van der Waals surface area contributed by atoms with Gasteiger partial charge in [0.05, 0.1) is 6.10 Å². The Kier molecular flexibility index (Phi) is 3.53. The van der Waals surface area contributed by atoms with Crippen molar-refractivity contribution < 1.29 is 4.74 Å². The molecule has 0 aliphatic carbocycles. The van der Waals surface area contributed by atoms with Crippen LogP contribution in [0, 0.1) is 0 Å². The van der Waals surface area contributed by atoms with Gasteiger partial charge in [-0.05, 0) is 24.9 Å². The lowest BCUT2D eigenvalue weighted by Crippen LogP contribution is -2.13. The molecule has 7 heteroatoms. The molecule has 2 aromatic rings. The number of aromatic nitrogens is 5. The van der Waals surface area contributed by atoms with Gasteiger partial charge >= 0.3 is 6.01 Å². The fourth-order valence-corrected chi connectivity index (χ4v) is 1.28. The molecule has 2 heterocycles. The molecule has 0 radical (unpaired) electrons. The third kappa shape index (κ3) is 2.91. The molecule has 0 spiro atoms. The zero-order valence-corrected chi connectivity index (χ0v) is 10.3. The Bertz CT molecular complexity index is 487. The molecule has 1 unspecified atom stereocenters. The predicted octanol–water partition coefficient (Wildman–Crippen LogP) is 1.89. The smallest absolute Gasteiger partial charge is 0.322 e. The van der Waals surface area contributed by atoms with E-state index in [1.54, 1.807) is 23.3 Å². The van der Waals surface area contributed by atoms with E-state index in [1.165, 1.54) is 0 Å². The van der Waals surface area contributed by atoms with Gasteiger partial charge in [-0.2, -0.15) is 15.0 Å². The zero-order valence-electron chi connectivity index (χ0n) is 9.54. The topological polar surface area (TPSA) is 65.7 Å². The van der Waals surface area contributed by atoms with Gasteiger partial charge in [0.2, 0.25) is 11.2 Å². The average molecular weight is 254 g/mol. The summed E-state index contributed by atoms with van der Waals surface area (Å²) < 4.78 is 7.14. The van der Waals surface area contributed by atoms with E-state index in [9.17, 15) is 0 Å². The number of ether oxygens (including phenoxy) is 1. The fourth-order valence-electron chi connectivity index (χ4n) is 1.13.